The molecule has 5 nitrogen and oxygen atoms in total. The average molecular weight is 282 g/mol. The number of nitrogens with one attached hydrogen (secondary N) is 2. The Bertz CT molecular complexity index is 563. The summed E-state index contributed by atoms with van der Waals surface area (Å²) in [6.07, 6.45) is 1.75. The number of carbonyl (C=O) groups excluding carboxylic acids is 1. The number of carbonyl (C=O) groups is 1. The minimum atomic E-state index is -3.33. The molecule has 0 aromatic heterocycles. The van der Waals surface area contributed by atoms with E-state index in [4.69, 9.17) is 0 Å². The van der Waals surface area contributed by atoms with Crippen LogP contribution < -0.4 is 10.6 Å². The van der Waals surface area contributed by atoms with Gasteiger partial charge in [0.2, 0.25) is 5.91 Å². The second kappa shape index (κ2) is 5.71. The van der Waals surface area contributed by atoms with Gasteiger partial charge in [0.05, 0.1) is 22.4 Å². The average Bonchev–Trinajstić information content (AvgIpc) is 2.93. The molecule has 2 N–H and O–H groups in total. The molecule has 1 saturated heterocycles. The molecular weight excluding hydrogens is 264 g/mol. The predicted molar refractivity (Wildman–Crippen MR) is 73.8 cm³/mol. The second-order valence-electron chi connectivity index (χ2n) is 4.54. The Morgan fingerprint density at radius 3 is 2.79 bits per heavy atom. The summed E-state index contributed by atoms with van der Waals surface area (Å²) in [5.74, 6) is -0.155. The first kappa shape index (κ1) is 14.0. The van der Waals surface area contributed by atoms with Crippen LogP contribution >= 0.6 is 0 Å². The Morgan fingerprint density at radius 2 is 2.16 bits per heavy atom. The number of amides is 1. The lowest BCUT2D eigenvalue weighted by Crippen LogP contribution is -2.35. The quantitative estimate of drug-likeness (QED) is 0.869. The molecule has 1 aromatic rings. The number of sulfone groups is 1. The van der Waals surface area contributed by atoms with Crippen LogP contribution in [0.3, 0.4) is 0 Å². The standard InChI is InChI=1S/C13H18N2O3S/c1-2-19(17,18)12-8-4-3-6-10(12)15-13(16)11-7-5-9-14-11/h3-4,6,8,11,14H,2,5,7,9H2,1H3,(H,15,16). The van der Waals surface area contributed by atoms with Crippen LogP contribution in [-0.2, 0) is 14.6 Å². The topological polar surface area (TPSA) is 75.3 Å². The summed E-state index contributed by atoms with van der Waals surface area (Å²) in [5.41, 5.74) is 0.364. The first-order chi connectivity index (χ1) is 9.04. The van der Waals surface area contributed by atoms with Crippen LogP contribution in [0.1, 0.15) is 19.8 Å². The normalized spacial score (nSPS) is 19.3. The summed E-state index contributed by atoms with van der Waals surface area (Å²) < 4.78 is 23.9. The van der Waals surface area contributed by atoms with E-state index >= 15 is 0 Å². The van der Waals surface area contributed by atoms with Gasteiger partial charge in [0.15, 0.2) is 9.84 Å². The Labute approximate surface area is 113 Å². The molecule has 1 unspecified atom stereocenters. The monoisotopic (exact) mass is 282 g/mol. The van der Waals surface area contributed by atoms with Crippen LogP contribution in [-0.4, -0.2) is 32.7 Å². The van der Waals surface area contributed by atoms with Gasteiger partial charge in [0.25, 0.3) is 0 Å². The Hall–Kier alpha value is -1.40. The van der Waals surface area contributed by atoms with Gasteiger partial charge in [-0.25, -0.2) is 8.42 Å². The Kier molecular flexibility index (Phi) is 4.21. The van der Waals surface area contributed by atoms with Gasteiger partial charge in [-0.05, 0) is 31.5 Å². The first-order valence-electron chi connectivity index (χ1n) is 6.40. The molecular formula is C13H18N2O3S. The molecule has 6 heteroatoms. The SMILES string of the molecule is CCS(=O)(=O)c1ccccc1NC(=O)C1CCCN1. The molecule has 1 aliphatic heterocycles. The van der Waals surface area contributed by atoms with Crippen LogP contribution in [0.5, 0.6) is 0 Å². The van der Waals surface area contributed by atoms with E-state index in [0.717, 1.165) is 19.4 Å². The van der Waals surface area contributed by atoms with Gasteiger partial charge in [0.1, 0.15) is 0 Å². The molecule has 1 fully saturated rings. The van der Waals surface area contributed by atoms with Gasteiger partial charge in [-0.2, -0.15) is 0 Å². The van der Waals surface area contributed by atoms with E-state index in [9.17, 15) is 13.2 Å². The van der Waals surface area contributed by atoms with Crippen LogP contribution in [0.2, 0.25) is 0 Å². The van der Waals surface area contributed by atoms with Gasteiger partial charge in [-0.3, -0.25) is 4.79 Å². The third kappa shape index (κ3) is 3.13. The summed E-state index contributed by atoms with van der Waals surface area (Å²) in [6.45, 7) is 2.42. The zero-order valence-electron chi connectivity index (χ0n) is 10.8. The maximum Gasteiger partial charge on any atom is 0.241 e. The van der Waals surface area contributed by atoms with Crippen molar-refractivity contribution in [3.8, 4) is 0 Å². The van der Waals surface area contributed by atoms with Gasteiger partial charge in [-0.1, -0.05) is 19.1 Å². The van der Waals surface area contributed by atoms with Gasteiger partial charge in [-0.15, -0.1) is 0 Å². The van der Waals surface area contributed by atoms with Crippen LogP contribution in [0.25, 0.3) is 0 Å². The fourth-order valence-electron chi connectivity index (χ4n) is 2.12. The van der Waals surface area contributed by atoms with Crippen molar-refractivity contribution in [1.82, 2.24) is 5.32 Å². The number of anilines is 1. The number of rotatable bonds is 4. The van der Waals surface area contributed by atoms with Crippen LogP contribution in [0, 0.1) is 0 Å². The lowest BCUT2D eigenvalue weighted by Gasteiger charge is -2.14. The zero-order chi connectivity index (χ0) is 13.9. The third-order valence-corrected chi connectivity index (χ3v) is 5.02. The van der Waals surface area contributed by atoms with Crippen molar-refractivity contribution < 1.29 is 13.2 Å². The largest absolute Gasteiger partial charge is 0.324 e. The molecule has 0 saturated carbocycles. The molecule has 1 aromatic carbocycles. The maximum absolute atomic E-state index is 12.0. The van der Waals surface area contributed by atoms with Crippen molar-refractivity contribution in [2.75, 3.05) is 17.6 Å². The van der Waals surface area contributed by atoms with E-state index in [1.807, 2.05) is 0 Å². The molecule has 1 amide bonds. The Morgan fingerprint density at radius 1 is 1.42 bits per heavy atom. The summed E-state index contributed by atoms with van der Waals surface area (Å²) >= 11 is 0. The molecule has 104 valence electrons. The van der Waals surface area contributed by atoms with Crippen LogP contribution in [0.4, 0.5) is 5.69 Å². The van der Waals surface area contributed by atoms with E-state index in [1.54, 1.807) is 25.1 Å². The van der Waals surface area contributed by atoms with Crippen molar-refractivity contribution in [3.63, 3.8) is 0 Å². The van der Waals surface area contributed by atoms with Crippen LogP contribution in [0.15, 0.2) is 29.2 Å². The molecule has 0 bridgehead atoms. The fraction of sp³-hybridized carbons (Fsp3) is 0.462. The van der Waals surface area contributed by atoms with Gasteiger partial charge in [0, 0.05) is 0 Å². The maximum atomic E-state index is 12.0. The number of para-hydroxylation sites is 1. The molecule has 1 atom stereocenters. The lowest BCUT2D eigenvalue weighted by molar-refractivity contribution is -0.117. The highest BCUT2D eigenvalue weighted by Crippen LogP contribution is 2.22. The van der Waals surface area contributed by atoms with Gasteiger partial charge >= 0.3 is 0 Å². The van der Waals surface area contributed by atoms with E-state index in [2.05, 4.69) is 10.6 Å². The molecule has 0 radical (unpaired) electrons. The zero-order valence-corrected chi connectivity index (χ0v) is 11.7. The van der Waals surface area contributed by atoms with E-state index in [0.29, 0.717) is 5.69 Å². The minimum Gasteiger partial charge on any atom is -0.324 e. The van der Waals surface area contributed by atoms with E-state index < -0.39 is 9.84 Å². The van der Waals surface area contributed by atoms with E-state index in [-0.39, 0.29) is 22.6 Å². The van der Waals surface area contributed by atoms with Crippen molar-refractivity contribution in [2.45, 2.75) is 30.7 Å². The summed E-state index contributed by atoms with van der Waals surface area (Å²) in [6, 6.07) is 6.29. The molecule has 2 rings (SSSR count). The highest BCUT2D eigenvalue weighted by molar-refractivity contribution is 7.91. The molecule has 19 heavy (non-hydrogen) atoms. The minimum absolute atomic E-state index is 0.0154. The molecule has 0 aliphatic carbocycles. The summed E-state index contributed by atoms with van der Waals surface area (Å²) in [7, 11) is -3.33. The first-order valence-corrected chi connectivity index (χ1v) is 8.06. The second-order valence-corrected chi connectivity index (χ2v) is 6.78. The predicted octanol–water partition coefficient (Wildman–Crippen LogP) is 1.17. The molecule has 1 aliphatic rings. The number of hydrogen-bond acceptors (Lipinski definition) is 4. The third-order valence-electron chi connectivity index (χ3n) is 3.24. The number of benzene rings is 1. The fourth-order valence-corrected chi connectivity index (χ4v) is 3.18. The van der Waals surface area contributed by atoms with Crippen molar-refractivity contribution in [1.29, 1.82) is 0 Å². The smallest absolute Gasteiger partial charge is 0.241 e. The highest BCUT2D eigenvalue weighted by atomic mass is 32.2. The summed E-state index contributed by atoms with van der Waals surface area (Å²) in [5, 5.41) is 5.80. The summed E-state index contributed by atoms with van der Waals surface area (Å²) in [4.78, 5) is 12.2. The molecule has 1 heterocycles. The number of hydrogen-bond donors (Lipinski definition) is 2. The van der Waals surface area contributed by atoms with Crippen molar-refractivity contribution in [3.05, 3.63) is 24.3 Å². The Balaban J connectivity index is 2.23. The van der Waals surface area contributed by atoms with E-state index in [1.165, 1.54) is 6.07 Å². The molecule has 0 spiro atoms. The lowest BCUT2D eigenvalue weighted by atomic mass is 10.2. The van der Waals surface area contributed by atoms with Crippen molar-refractivity contribution >= 4 is 21.4 Å². The highest BCUT2D eigenvalue weighted by Gasteiger charge is 2.24. The van der Waals surface area contributed by atoms with Gasteiger partial charge < -0.3 is 10.6 Å². The van der Waals surface area contributed by atoms with Crippen molar-refractivity contribution in [2.24, 2.45) is 0 Å².